The topological polar surface area (TPSA) is 83.5 Å². The van der Waals surface area contributed by atoms with Crippen molar-refractivity contribution in [1.29, 1.82) is 0 Å². The molecular formula is C28H36O7. The molecule has 0 bridgehead atoms. The molecule has 0 aliphatic carbocycles. The Balaban J connectivity index is 1.46. The van der Waals surface area contributed by atoms with Gasteiger partial charge in [0.15, 0.2) is 11.5 Å². The van der Waals surface area contributed by atoms with E-state index in [2.05, 4.69) is 31.2 Å². The Labute approximate surface area is 207 Å². The fourth-order valence-electron chi connectivity index (χ4n) is 4.53. The molecule has 1 saturated heterocycles. The first kappa shape index (κ1) is 25.3. The highest BCUT2D eigenvalue weighted by Gasteiger charge is 2.31. The number of aliphatic hydroxyl groups excluding tert-OH is 1. The minimum Gasteiger partial charge on any atom is -0.486 e. The Kier molecular flexibility index (Phi) is 7.87. The maximum absolute atomic E-state index is 11.9. The molecule has 7 heteroatoms. The van der Waals surface area contributed by atoms with Crippen molar-refractivity contribution >= 4 is 6.16 Å². The number of fused-ring (bicyclic) bond motifs is 1. The van der Waals surface area contributed by atoms with Gasteiger partial charge in [-0.3, -0.25) is 0 Å². The molecule has 4 rings (SSSR count). The molecule has 0 aromatic heterocycles. The Morgan fingerprint density at radius 2 is 1.80 bits per heavy atom. The molecule has 0 amide bonds. The molecule has 35 heavy (non-hydrogen) atoms. The summed E-state index contributed by atoms with van der Waals surface area (Å²) in [7, 11) is 0. The Morgan fingerprint density at radius 1 is 1.03 bits per heavy atom. The molecule has 1 fully saturated rings. The van der Waals surface area contributed by atoms with Gasteiger partial charge in [0, 0.05) is 12.8 Å². The highest BCUT2D eigenvalue weighted by atomic mass is 16.7. The van der Waals surface area contributed by atoms with Gasteiger partial charge in [0.05, 0.1) is 18.3 Å². The average Bonchev–Trinajstić information content (AvgIpc) is 2.81. The number of hydrogen-bond donors (Lipinski definition) is 1. The number of benzene rings is 2. The molecule has 190 valence electrons. The Bertz CT molecular complexity index is 1030. The lowest BCUT2D eigenvalue weighted by Crippen LogP contribution is -2.35. The van der Waals surface area contributed by atoms with Crippen LogP contribution in [0.3, 0.4) is 0 Å². The molecule has 2 heterocycles. The van der Waals surface area contributed by atoms with Crippen LogP contribution in [0.5, 0.6) is 11.5 Å². The minimum absolute atomic E-state index is 0.0412. The van der Waals surface area contributed by atoms with Crippen LogP contribution < -0.4 is 9.47 Å². The normalized spacial score (nSPS) is 21.9. The van der Waals surface area contributed by atoms with Gasteiger partial charge in [-0.1, -0.05) is 31.2 Å². The van der Waals surface area contributed by atoms with Crippen LogP contribution in [0, 0.1) is 0 Å². The second-order valence-electron chi connectivity index (χ2n) is 10.2. The Morgan fingerprint density at radius 3 is 2.54 bits per heavy atom. The van der Waals surface area contributed by atoms with Crippen LogP contribution >= 0.6 is 0 Å². The van der Waals surface area contributed by atoms with Gasteiger partial charge >= 0.3 is 6.16 Å². The highest BCUT2D eigenvalue weighted by Crippen LogP contribution is 2.35. The number of carbonyl (C=O) groups excluding carboxylic acids is 1. The number of ether oxygens (including phenoxy) is 5. The van der Waals surface area contributed by atoms with E-state index < -0.39 is 24.0 Å². The molecule has 3 unspecified atom stereocenters. The molecule has 3 atom stereocenters. The van der Waals surface area contributed by atoms with Crippen molar-refractivity contribution in [1.82, 2.24) is 0 Å². The average molecular weight is 485 g/mol. The lowest BCUT2D eigenvalue weighted by atomic mass is 9.91. The molecule has 1 N–H and O–H groups in total. The monoisotopic (exact) mass is 484 g/mol. The predicted octanol–water partition coefficient (Wildman–Crippen LogP) is 5.14. The van der Waals surface area contributed by atoms with Crippen LogP contribution in [-0.2, 0) is 27.1 Å². The molecule has 7 nitrogen and oxygen atoms in total. The zero-order valence-electron chi connectivity index (χ0n) is 21.0. The summed E-state index contributed by atoms with van der Waals surface area (Å²) in [6.07, 6.45) is 0.641. The van der Waals surface area contributed by atoms with Crippen LogP contribution in [0.15, 0.2) is 36.4 Å². The van der Waals surface area contributed by atoms with Crippen molar-refractivity contribution in [3.8, 4) is 11.5 Å². The summed E-state index contributed by atoms with van der Waals surface area (Å²) in [5, 5.41) is 10.5. The second-order valence-corrected chi connectivity index (χ2v) is 10.2. The van der Waals surface area contributed by atoms with Crippen molar-refractivity contribution in [2.75, 3.05) is 19.8 Å². The van der Waals surface area contributed by atoms with Gasteiger partial charge in [0.25, 0.3) is 0 Å². The van der Waals surface area contributed by atoms with E-state index in [-0.39, 0.29) is 12.7 Å². The van der Waals surface area contributed by atoms with E-state index in [1.165, 1.54) is 11.1 Å². The first-order valence-corrected chi connectivity index (χ1v) is 12.4. The largest absolute Gasteiger partial charge is 0.508 e. The van der Waals surface area contributed by atoms with E-state index in [1.807, 2.05) is 12.1 Å². The van der Waals surface area contributed by atoms with Crippen molar-refractivity contribution in [3.05, 3.63) is 58.7 Å². The van der Waals surface area contributed by atoms with Crippen LogP contribution in [-0.4, -0.2) is 48.9 Å². The summed E-state index contributed by atoms with van der Waals surface area (Å²) < 4.78 is 28.1. The van der Waals surface area contributed by atoms with Crippen molar-refractivity contribution in [2.24, 2.45) is 0 Å². The number of aliphatic hydroxyl groups is 1. The van der Waals surface area contributed by atoms with Crippen LogP contribution in [0.1, 0.15) is 68.9 Å². The summed E-state index contributed by atoms with van der Waals surface area (Å²) in [5.74, 6) is 1.57. The van der Waals surface area contributed by atoms with E-state index in [9.17, 15) is 9.90 Å². The van der Waals surface area contributed by atoms with Crippen LogP contribution in [0.4, 0.5) is 4.79 Å². The maximum Gasteiger partial charge on any atom is 0.508 e. The molecule has 0 spiro atoms. The lowest BCUT2D eigenvalue weighted by Gasteiger charge is -2.33. The predicted molar refractivity (Wildman–Crippen MR) is 131 cm³/mol. The quantitative estimate of drug-likeness (QED) is 0.568. The fraction of sp³-hybridized carbons (Fsp3) is 0.536. The molecule has 2 aliphatic rings. The summed E-state index contributed by atoms with van der Waals surface area (Å²) in [6.45, 7) is 8.68. The fourth-order valence-corrected chi connectivity index (χ4v) is 4.53. The van der Waals surface area contributed by atoms with Crippen molar-refractivity contribution < 1.29 is 33.6 Å². The maximum atomic E-state index is 11.9. The minimum atomic E-state index is -0.730. The first-order chi connectivity index (χ1) is 16.7. The van der Waals surface area contributed by atoms with Crippen LogP contribution in [0.2, 0.25) is 0 Å². The molecule has 2 aromatic carbocycles. The van der Waals surface area contributed by atoms with E-state index in [0.29, 0.717) is 26.1 Å². The number of rotatable bonds is 6. The van der Waals surface area contributed by atoms with Gasteiger partial charge in [0.2, 0.25) is 0 Å². The second kappa shape index (κ2) is 10.9. The van der Waals surface area contributed by atoms with Gasteiger partial charge < -0.3 is 28.8 Å². The number of aryl methyl sites for hydroxylation is 1. The molecule has 2 aromatic rings. The molecular weight excluding hydrogens is 448 g/mol. The van der Waals surface area contributed by atoms with E-state index >= 15 is 0 Å². The summed E-state index contributed by atoms with van der Waals surface area (Å²) >= 11 is 0. The van der Waals surface area contributed by atoms with Crippen LogP contribution in [0.25, 0.3) is 0 Å². The van der Waals surface area contributed by atoms with Gasteiger partial charge in [-0.15, -0.1) is 0 Å². The smallest absolute Gasteiger partial charge is 0.486 e. The van der Waals surface area contributed by atoms with Crippen molar-refractivity contribution in [2.45, 2.75) is 77.3 Å². The lowest BCUT2D eigenvalue weighted by molar-refractivity contribution is -0.121. The number of hydrogen-bond acceptors (Lipinski definition) is 7. The van der Waals surface area contributed by atoms with Crippen molar-refractivity contribution in [3.63, 3.8) is 0 Å². The van der Waals surface area contributed by atoms with Gasteiger partial charge in [-0.05, 0) is 68.0 Å². The highest BCUT2D eigenvalue weighted by molar-refractivity contribution is 5.60. The van der Waals surface area contributed by atoms with E-state index in [1.54, 1.807) is 20.8 Å². The van der Waals surface area contributed by atoms with Gasteiger partial charge in [-0.25, -0.2) is 4.79 Å². The summed E-state index contributed by atoms with van der Waals surface area (Å²) in [6, 6.07) is 12.5. The zero-order chi connectivity index (χ0) is 25.0. The van der Waals surface area contributed by atoms with E-state index in [0.717, 1.165) is 35.5 Å². The molecule has 0 saturated carbocycles. The Hall–Kier alpha value is -2.77. The number of carbonyl (C=O) groups is 1. The third-order valence-corrected chi connectivity index (χ3v) is 6.14. The molecule has 2 aliphatic heterocycles. The SMILES string of the molecule is CCc1ccc(C2CC(O)CC(COC(=O)OC(C)(C)C)O2)cc1Cc1ccc2c(c1)OCCO2. The summed E-state index contributed by atoms with van der Waals surface area (Å²) in [4.78, 5) is 11.9. The third kappa shape index (κ3) is 6.89. The zero-order valence-corrected chi connectivity index (χ0v) is 21.0. The van der Waals surface area contributed by atoms with Gasteiger partial charge in [0.1, 0.15) is 25.4 Å². The van der Waals surface area contributed by atoms with E-state index in [4.69, 9.17) is 23.7 Å². The summed E-state index contributed by atoms with van der Waals surface area (Å²) in [5.41, 5.74) is 4.02. The molecule has 0 radical (unpaired) electrons. The third-order valence-electron chi connectivity index (χ3n) is 6.14. The first-order valence-electron chi connectivity index (χ1n) is 12.4. The van der Waals surface area contributed by atoms with Gasteiger partial charge in [-0.2, -0.15) is 0 Å². The standard InChI is InChI=1S/C28H36O7/c1-5-19-7-8-20(14-21(19)12-18-6-9-24-26(13-18)32-11-10-31-24)25-16-22(29)15-23(34-25)17-33-27(30)35-28(2,3)4/h6-9,13-14,22-23,25,29H,5,10-12,15-17H2,1-4H3.